The number of benzene rings is 2. The number of ether oxygens (including phenoxy) is 1. The molecule has 0 amide bonds. The Kier molecular flexibility index (Phi) is 7.67. The lowest BCUT2D eigenvalue weighted by Crippen LogP contribution is -2.23. The first-order valence-electron chi connectivity index (χ1n) is 9.17. The summed E-state index contributed by atoms with van der Waals surface area (Å²) >= 11 is 0. The van der Waals surface area contributed by atoms with Crippen LogP contribution in [0.1, 0.15) is 50.2 Å². The van der Waals surface area contributed by atoms with E-state index in [2.05, 4.69) is 67.3 Å². The summed E-state index contributed by atoms with van der Waals surface area (Å²) in [5.74, 6) is 0.914. The summed E-state index contributed by atoms with van der Waals surface area (Å²) in [6.45, 7) is 6.46. The highest BCUT2D eigenvalue weighted by Crippen LogP contribution is 2.22. The Morgan fingerprint density at radius 3 is 2.12 bits per heavy atom. The Labute approximate surface area is 147 Å². The number of rotatable bonds is 10. The van der Waals surface area contributed by atoms with E-state index < -0.39 is 0 Å². The van der Waals surface area contributed by atoms with E-state index in [0.29, 0.717) is 0 Å². The third-order valence-electron chi connectivity index (χ3n) is 4.46. The van der Waals surface area contributed by atoms with Crippen LogP contribution in [-0.2, 0) is 6.54 Å². The summed E-state index contributed by atoms with van der Waals surface area (Å²) in [5.41, 5.74) is 3.95. The largest absolute Gasteiger partial charge is 0.497 e. The molecule has 2 aromatic rings. The SMILES string of the molecule is CCCCCCCN(Cc1ccc(C)cc1)c1ccc(OC)cc1. The molecular weight excluding hydrogens is 294 g/mol. The molecule has 0 atom stereocenters. The zero-order valence-electron chi connectivity index (χ0n) is 15.4. The summed E-state index contributed by atoms with van der Waals surface area (Å²) in [7, 11) is 1.72. The van der Waals surface area contributed by atoms with Crippen LogP contribution in [0.5, 0.6) is 5.75 Å². The van der Waals surface area contributed by atoms with Gasteiger partial charge >= 0.3 is 0 Å². The van der Waals surface area contributed by atoms with Gasteiger partial charge in [0.2, 0.25) is 0 Å². The van der Waals surface area contributed by atoms with Gasteiger partial charge in [0.1, 0.15) is 5.75 Å². The second-order valence-corrected chi connectivity index (χ2v) is 6.52. The number of hydrogen-bond donors (Lipinski definition) is 0. The number of anilines is 1. The minimum absolute atomic E-state index is 0.914. The Hall–Kier alpha value is -1.96. The molecule has 2 aromatic carbocycles. The Morgan fingerprint density at radius 2 is 1.50 bits per heavy atom. The fourth-order valence-corrected chi connectivity index (χ4v) is 2.91. The summed E-state index contributed by atoms with van der Waals surface area (Å²) in [5, 5.41) is 0. The average molecular weight is 325 g/mol. The highest BCUT2D eigenvalue weighted by atomic mass is 16.5. The minimum atomic E-state index is 0.914. The lowest BCUT2D eigenvalue weighted by atomic mass is 10.1. The van der Waals surface area contributed by atoms with Gasteiger partial charge in [-0.3, -0.25) is 0 Å². The quantitative estimate of drug-likeness (QED) is 0.498. The van der Waals surface area contributed by atoms with Gasteiger partial charge < -0.3 is 9.64 Å². The standard InChI is InChI=1S/C22H31NO/c1-4-5-6-7-8-17-23(18-20-11-9-19(2)10-12-20)21-13-15-22(24-3)16-14-21/h9-16H,4-8,17-18H2,1-3H3. The van der Waals surface area contributed by atoms with E-state index in [4.69, 9.17) is 4.74 Å². The van der Waals surface area contributed by atoms with E-state index in [1.807, 2.05) is 0 Å². The van der Waals surface area contributed by atoms with Gasteiger partial charge in [0, 0.05) is 18.8 Å². The van der Waals surface area contributed by atoms with Crippen LogP contribution in [0, 0.1) is 6.92 Å². The Balaban J connectivity index is 2.03. The van der Waals surface area contributed by atoms with Crippen molar-refractivity contribution < 1.29 is 4.74 Å². The molecule has 0 aromatic heterocycles. The topological polar surface area (TPSA) is 12.5 Å². The molecule has 0 aliphatic rings. The van der Waals surface area contributed by atoms with E-state index >= 15 is 0 Å². The minimum Gasteiger partial charge on any atom is -0.497 e. The molecule has 0 spiro atoms. The van der Waals surface area contributed by atoms with Crippen LogP contribution in [-0.4, -0.2) is 13.7 Å². The molecule has 0 saturated carbocycles. The zero-order chi connectivity index (χ0) is 17.2. The molecule has 0 aliphatic carbocycles. The molecule has 130 valence electrons. The number of aryl methyl sites for hydroxylation is 1. The van der Waals surface area contributed by atoms with E-state index in [9.17, 15) is 0 Å². The molecule has 2 heteroatoms. The second kappa shape index (κ2) is 10.0. The molecule has 0 radical (unpaired) electrons. The summed E-state index contributed by atoms with van der Waals surface area (Å²) < 4.78 is 5.29. The van der Waals surface area contributed by atoms with Crippen molar-refractivity contribution in [1.29, 1.82) is 0 Å². The van der Waals surface area contributed by atoms with Gasteiger partial charge in [0.25, 0.3) is 0 Å². The van der Waals surface area contributed by atoms with Crippen molar-refractivity contribution in [2.45, 2.75) is 52.5 Å². The van der Waals surface area contributed by atoms with E-state index in [-0.39, 0.29) is 0 Å². The fraction of sp³-hybridized carbons (Fsp3) is 0.455. The molecule has 0 saturated heterocycles. The molecule has 0 aliphatic heterocycles. The van der Waals surface area contributed by atoms with Crippen molar-refractivity contribution in [1.82, 2.24) is 0 Å². The maximum atomic E-state index is 5.29. The first-order chi connectivity index (χ1) is 11.7. The van der Waals surface area contributed by atoms with Crippen molar-refractivity contribution in [3.05, 3.63) is 59.7 Å². The van der Waals surface area contributed by atoms with Gasteiger partial charge in [0.15, 0.2) is 0 Å². The third kappa shape index (κ3) is 5.92. The van der Waals surface area contributed by atoms with Gasteiger partial charge in [-0.05, 0) is 43.2 Å². The maximum Gasteiger partial charge on any atom is 0.119 e. The predicted octanol–water partition coefficient (Wildman–Crippen LogP) is 5.98. The molecular formula is C22H31NO. The number of nitrogens with zero attached hydrogens (tertiary/aromatic N) is 1. The van der Waals surface area contributed by atoms with Crippen LogP contribution >= 0.6 is 0 Å². The van der Waals surface area contributed by atoms with Crippen molar-refractivity contribution >= 4 is 5.69 Å². The highest BCUT2D eigenvalue weighted by molar-refractivity contribution is 5.49. The highest BCUT2D eigenvalue weighted by Gasteiger charge is 2.08. The predicted molar refractivity (Wildman–Crippen MR) is 104 cm³/mol. The van der Waals surface area contributed by atoms with Gasteiger partial charge in [-0.25, -0.2) is 0 Å². The molecule has 0 heterocycles. The van der Waals surface area contributed by atoms with E-state index in [1.54, 1.807) is 7.11 Å². The van der Waals surface area contributed by atoms with Crippen LogP contribution in [0.4, 0.5) is 5.69 Å². The van der Waals surface area contributed by atoms with Crippen LogP contribution in [0.15, 0.2) is 48.5 Å². The van der Waals surface area contributed by atoms with Crippen molar-refractivity contribution in [3.8, 4) is 5.75 Å². The molecule has 2 rings (SSSR count). The van der Waals surface area contributed by atoms with Crippen LogP contribution in [0.2, 0.25) is 0 Å². The third-order valence-corrected chi connectivity index (χ3v) is 4.46. The average Bonchev–Trinajstić information content (AvgIpc) is 2.62. The van der Waals surface area contributed by atoms with Crippen LogP contribution in [0.3, 0.4) is 0 Å². The van der Waals surface area contributed by atoms with Crippen LogP contribution < -0.4 is 9.64 Å². The first-order valence-corrected chi connectivity index (χ1v) is 9.17. The monoisotopic (exact) mass is 325 g/mol. The first kappa shape index (κ1) is 18.4. The van der Waals surface area contributed by atoms with E-state index in [0.717, 1.165) is 18.8 Å². The number of hydrogen-bond acceptors (Lipinski definition) is 2. The number of unbranched alkanes of at least 4 members (excludes halogenated alkanes) is 4. The smallest absolute Gasteiger partial charge is 0.119 e. The molecule has 2 nitrogen and oxygen atoms in total. The molecule has 0 fully saturated rings. The van der Waals surface area contributed by atoms with Gasteiger partial charge in [-0.2, -0.15) is 0 Å². The summed E-state index contributed by atoms with van der Waals surface area (Å²) in [4.78, 5) is 2.48. The van der Waals surface area contributed by atoms with Gasteiger partial charge in [0.05, 0.1) is 7.11 Å². The normalized spacial score (nSPS) is 10.6. The maximum absolute atomic E-state index is 5.29. The van der Waals surface area contributed by atoms with Crippen molar-refractivity contribution in [2.75, 3.05) is 18.6 Å². The lowest BCUT2D eigenvalue weighted by molar-refractivity contribution is 0.415. The van der Waals surface area contributed by atoms with Gasteiger partial charge in [-0.15, -0.1) is 0 Å². The summed E-state index contributed by atoms with van der Waals surface area (Å²) in [6, 6.07) is 17.3. The zero-order valence-corrected chi connectivity index (χ0v) is 15.4. The number of methoxy groups -OCH3 is 1. The van der Waals surface area contributed by atoms with Gasteiger partial charge in [-0.1, -0.05) is 62.4 Å². The molecule has 0 N–H and O–H groups in total. The van der Waals surface area contributed by atoms with Crippen LogP contribution in [0.25, 0.3) is 0 Å². The van der Waals surface area contributed by atoms with E-state index in [1.165, 1.54) is 48.9 Å². The summed E-state index contributed by atoms with van der Waals surface area (Å²) in [6.07, 6.45) is 6.55. The molecule has 0 bridgehead atoms. The Bertz CT molecular complexity index is 574. The second-order valence-electron chi connectivity index (χ2n) is 6.52. The van der Waals surface area contributed by atoms with Crippen molar-refractivity contribution in [3.63, 3.8) is 0 Å². The molecule has 0 unspecified atom stereocenters. The fourth-order valence-electron chi connectivity index (χ4n) is 2.91. The van der Waals surface area contributed by atoms with Crippen molar-refractivity contribution in [2.24, 2.45) is 0 Å². The lowest BCUT2D eigenvalue weighted by Gasteiger charge is -2.25. The molecule has 24 heavy (non-hydrogen) atoms. The Morgan fingerprint density at radius 1 is 0.833 bits per heavy atom.